The summed E-state index contributed by atoms with van der Waals surface area (Å²) in [6, 6.07) is 7.53. The lowest BCUT2D eigenvalue weighted by molar-refractivity contribution is 0.231. The zero-order valence-electron chi connectivity index (χ0n) is 11.0. The van der Waals surface area contributed by atoms with Gasteiger partial charge in [-0.2, -0.15) is 0 Å². The fraction of sp³-hybridized carbons (Fsp3) is 0.231. The summed E-state index contributed by atoms with van der Waals surface area (Å²) in [7, 11) is -3.72. The Balaban J connectivity index is 2.35. The van der Waals surface area contributed by atoms with Gasteiger partial charge in [0.25, 0.3) is 0 Å². The first-order valence-corrected chi connectivity index (χ1v) is 8.23. The largest absolute Gasteiger partial charge is 0.488 e. The van der Waals surface area contributed by atoms with Crippen molar-refractivity contribution in [3.63, 3.8) is 0 Å². The van der Waals surface area contributed by atoms with Crippen molar-refractivity contribution in [2.75, 3.05) is 0 Å². The summed E-state index contributed by atoms with van der Waals surface area (Å²) >= 11 is 1.00. The van der Waals surface area contributed by atoms with Gasteiger partial charge in [0, 0.05) is 4.88 Å². The first-order valence-electron chi connectivity index (χ1n) is 5.86. The van der Waals surface area contributed by atoms with Crippen molar-refractivity contribution in [1.82, 2.24) is 0 Å². The van der Waals surface area contributed by atoms with Gasteiger partial charge in [-0.25, -0.2) is 17.9 Å². The monoisotopic (exact) mass is 315 g/mol. The molecule has 108 valence electrons. The zero-order chi connectivity index (χ0) is 14.9. The molecule has 2 N–H and O–H groups in total. The van der Waals surface area contributed by atoms with E-state index >= 15 is 0 Å². The molecule has 0 aliphatic heterocycles. The second-order valence-electron chi connectivity index (χ2n) is 4.48. The Bertz CT molecular complexity index is 723. The fourth-order valence-corrected chi connectivity index (χ4v) is 3.36. The van der Waals surface area contributed by atoms with Crippen molar-refractivity contribution < 1.29 is 17.5 Å². The number of rotatable bonds is 4. The number of sulfonamides is 1. The minimum absolute atomic E-state index is 0.0513. The van der Waals surface area contributed by atoms with E-state index in [4.69, 9.17) is 9.88 Å². The molecule has 0 saturated heterocycles. The Morgan fingerprint density at radius 2 is 1.95 bits per heavy atom. The highest BCUT2D eigenvalue weighted by molar-refractivity contribution is 7.91. The normalized spacial score (nSPS) is 11.8. The highest BCUT2D eigenvalue weighted by atomic mass is 32.2. The van der Waals surface area contributed by atoms with Crippen LogP contribution in [0.4, 0.5) is 4.39 Å². The molecule has 2 aromatic rings. The molecule has 0 radical (unpaired) electrons. The van der Waals surface area contributed by atoms with E-state index in [-0.39, 0.29) is 16.1 Å². The first kappa shape index (κ1) is 15.0. The van der Waals surface area contributed by atoms with Crippen LogP contribution < -0.4 is 9.88 Å². The Morgan fingerprint density at radius 3 is 2.45 bits per heavy atom. The number of benzene rings is 1. The number of hydrogen-bond donors (Lipinski definition) is 1. The average Bonchev–Trinajstić information content (AvgIpc) is 2.80. The molecule has 0 aliphatic rings. The van der Waals surface area contributed by atoms with Crippen molar-refractivity contribution in [3.8, 4) is 16.2 Å². The molecular formula is C13H14FNO3S2. The predicted octanol–water partition coefficient (Wildman–Crippen LogP) is 2.99. The van der Waals surface area contributed by atoms with E-state index in [1.807, 2.05) is 13.8 Å². The summed E-state index contributed by atoms with van der Waals surface area (Å²) in [6.07, 6.45) is -0.119. The third-order valence-corrected chi connectivity index (χ3v) is 5.01. The fourth-order valence-electron chi connectivity index (χ4n) is 1.63. The van der Waals surface area contributed by atoms with E-state index in [1.54, 1.807) is 12.1 Å². The summed E-state index contributed by atoms with van der Waals surface area (Å²) < 4.78 is 41.7. The molecule has 0 aliphatic carbocycles. The number of ether oxygens (including phenoxy) is 1. The molecule has 0 fully saturated rings. The van der Waals surface area contributed by atoms with Gasteiger partial charge in [0.1, 0.15) is 4.21 Å². The molecule has 4 nitrogen and oxygen atoms in total. The van der Waals surface area contributed by atoms with Crippen LogP contribution in [0.25, 0.3) is 10.4 Å². The van der Waals surface area contributed by atoms with Crippen LogP contribution in [0.15, 0.2) is 34.5 Å². The van der Waals surface area contributed by atoms with Crippen molar-refractivity contribution in [2.24, 2.45) is 5.14 Å². The van der Waals surface area contributed by atoms with Crippen LogP contribution in [-0.4, -0.2) is 14.5 Å². The van der Waals surface area contributed by atoms with Gasteiger partial charge in [0.05, 0.1) is 6.10 Å². The maximum absolute atomic E-state index is 13.9. The van der Waals surface area contributed by atoms with Crippen molar-refractivity contribution in [2.45, 2.75) is 24.2 Å². The van der Waals surface area contributed by atoms with E-state index in [0.717, 1.165) is 11.3 Å². The first-order chi connectivity index (χ1) is 9.27. The van der Waals surface area contributed by atoms with Crippen LogP contribution in [0.3, 0.4) is 0 Å². The SMILES string of the molecule is CC(C)Oc1ccc(-c2ccc(S(N)(=O)=O)s2)cc1F. The van der Waals surface area contributed by atoms with E-state index in [1.165, 1.54) is 18.2 Å². The molecule has 0 unspecified atom stereocenters. The minimum atomic E-state index is -3.72. The summed E-state index contributed by atoms with van der Waals surface area (Å²) in [5, 5.41) is 5.05. The van der Waals surface area contributed by atoms with Gasteiger partial charge in [0.15, 0.2) is 11.6 Å². The molecule has 1 heterocycles. The van der Waals surface area contributed by atoms with E-state index in [2.05, 4.69) is 0 Å². The summed E-state index contributed by atoms with van der Waals surface area (Å²) in [6.45, 7) is 3.62. The molecule has 0 spiro atoms. The van der Waals surface area contributed by atoms with Gasteiger partial charge in [-0.15, -0.1) is 11.3 Å². The number of halogens is 1. The van der Waals surface area contributed by atoms with Crippen LogP contribution in [0.1, 0.15) is 13.8 Å². The van der Waals surface area contributed by atoms with Gasteiger partial charge in [0.2, 0.25) is 10.0 Å². The quantitative estimate of drug-likeness (QED) is 0.943. The maximum Gasteiger partial charge on any atom is 0.247 e. The number of hydrogen-bond acceptors (Lipinski definition) is 4. The lowest BCUT2D eigenvalue weighted by Crippen LogP contribution is -2.09. The number of thiophene rings is 1. The van der Waals surface area contributed by atoms with Gasteiger partial charge < -0.3 is 4.74 Å². The topological polar surface area (TPSA) is 69.4 Å². The molecular weight excluding hydrogens is 301 g/mol. The smallest absolute Gasteiger partial charge is 0.247 e. The summed E-state index contributed by atoms with van der Waals surface area (Å²) in [4.78, 5) is 0.629. The van der Waals surface area contributed by atoms with Gasteiger partial charge in [-0.05, 0) is 49.7 Å². The van der Waals surface area contributed by atoms with Gasteiger partial charge in [-0.1, -0.05) is 0 Å². The van der Waals surface area contributed by atoms with E-state index in [0.29, 0.717) is 10.4 Å². The van der Waals surface area contributed by atoms with Crippen molar-refractivity contribution in [1.29, 1.82) is 0 Å². The molecule has 0 bridgehead atoms. The highest BCUT2D eigenvalue weighted by Crippen LogP contribution is 2.32. The maximum atomic E-state index is 13.9. The summed E-state index contributed by atoms with van der Waals surface area (Å²) in [5.41, 5.74) is 0.582. The molecule has 0 amide bonds. The van der Waals surface area contributed by atoms with Crippen LogP contribution in [0, 0.1) is 5.82 Å². The molecule has 20 heavy (non-hydrogen) atoms. The second-order valence-corrected chi connectivity index (χ2v) is 7.35. The van der Waals surface area contributed by atoms with Crippen molar-refractivity contribution in [3.05, 3.63) is 36.1 Å². The highest BCUT2D eigenvalue weighted by Gasteiger charge is 2.14. The van der Waals surface area contributed by atoms with Crippen molar-refractivity contribution >= 4 is 21.4 Å². The molecule has 2 rings (SSSR count). The van der Waals surface area contributed by atoms with E-state index < -0.39 is 15.8 Å². The lowest BCUT2D eigenvalue weighted by atomic mass is 10.2. The number of nitrogens with two attached hydrogens (primary N) is 1. The Kier molecular flexibility index (Phi) is 4.12. The standard InChI is InChI=1S/C13H14FNO3S2/c1-8(2)18-11-4-3-9(7-10(11)14)12-5-6-13(19-12)20(15,16)17/h3-8H,1-2H3,(H2,15,16,17). The second kappa shape index (κ2) is 5.51. The molecule has 0 atom stereocenters. The summed E-state index contributed by atoms with van der Waals surface area (Å²) in [5.74, 6) is -0.311. The molecule has 1 aromatic carbocycles. The minimum Gasteiger partial charge on any atom is -0.488 e. The van der Waals surface area contributed by atoms with Crippen LogP contribution >= 0.6 is 11.3 Å². The Morgan fingerprint density at radius 1 is 1.25 bits per heavy atom. The molecule has 1 aromatic heterocycles. The third kappa shape index (κ3) is 3.36. The zero-order valence-corrected chi connectivity index (χ0v) is 12.6. The average molecular weight is 315 g/mol. The predicted molar refractivity (Wildman–Crippen MR) is 76.9 cm³/mol. The van der Waals surface area contributed by atoms with E-state index in [9.17, 15) is 12.8 Å². The lowest BCUT2D eigenvalue weighted by Gasteiger charge is -2.11. The van der Waals surface area contributed by atoms with Crippen LogP contribution in [0.5, 0.6) is 5.75 Å². The number of primary sulfonamides is 1. The van der Waals surface area contributed by atoms with Crippen LogP contribution in [0.2, 0.25) is 0 Å². The molecule has 0 saturated carbocycles. The Hall–Kier alpha value is -1.44. The Labute approximate surface area is 121 Å². The third-order valence-electron chi connectivity index (χ3n) is 2.44. The van der Waals surface area contributed by atoms with Gasteiger partial charge in [-0.3, -0.25) is 0 Å². The van der Waals surface area contributed by atoms with Crippen LogP contribution in [-0.2, 0) is 10.0 Å². The van der Waals surface area contributed by atoms with Gasteiger partial charge >= 0.3 is 0 Å². The molecule has 7 heteroatoms.